The number of amides is 1. The smallest absolute Gasteiger partial charge is 0.410 e. The standard InChI is InChI=1S/C25H33N7O2/c1-15-12-21(31-30-15)28-22-19-10-5-6-11-20(19)27-23(29-22)26-16-13-17-8-7-9-18(14-16)32(17)24(33)34-25(2,3)4/h5-6,10-12,16-18H,7-9,13-14H2,1-4H3,(H3,26,27,28,29,30,31)/t16-,17-,18+. The van der Waals surface area contributed by atoms with Crippen LogP contribution < -0.4 is 10.6 Å². The molecule has 2 aliphatic heterocycles. The van der Waals surface area contributed by atoms with Gasteiger partial charge in [0.1, 0.15) is 11.4 Å². The van der Waals surface area contributed by atoms with E-state index in [0.29, 0.717) is 17.6 Å². The highest BCUT2D eigenvalue weighted by Gasteiger charge is 2.42. The molecule has 2 saturated heterocycles. The highest BCUT2D eigenvalue weighted by Crippen LogP contribution is 2.36. The van der Waals surface area contributed by atoms with Gasteiger partial charge >= 0.3 is 6.09 Å². The summed E-state index contributed by atoms with van der Waals surface area (Å²) in [6, 6.07) is 10.4. The third-order valence-electron chi connectivity index (χ3n) is 6.47. The van der Waals surface area contributed by atoms with E-state index in [1.807, 2.05) is 62.9 Å². The molecular formula is C25H33N7O2. The summed E-state index contributed by atoms with van der Waals surface area (Å²) in [6.07, 6.45) is 4.66. The number of piperidine rings is 2. The number of aromatic amines is 1. The molecule has 2 aliphatic rings. The van der Waals surface area contributed by atoms with Crippen molar-refractivity contribution >= 4 is 34.6 Å². The van der Waals surface area contributed by atoms with Gasteiger partial charge in [-0.05, 0) is 71.9 Å². The second-order valence-electron chi connectivity index (χ2n) is 10.4. The average molecular weight is 464 g/mol. The molecular weight excluding hydrogens is 430 g/mol. The van der Waals surface area contributed by atoms with Crippen LogP contribution >= 0.6 is 0 Å². The van der Waals surface area contributed by atoms with Gasteiger partial charge in [0.25, 0.3) is 0 Å². The molecule has 9 heteroatoms. The molecule has 0 spiro atoms. The van der Waals surface area contributed by atoms with Gasteiger partial charge in [0, 0.05) is 35.3 Å². The second-order valence-corrected chi connectivity index (χ2v) is 10.4. The van der Waals surface area contributed by atoms with Gasteiger partial charge < -0.3 is 20.3 Å². The summed E-state index contributed by atoms with van der Waals surface area (Å²) in [4.78, 5) is 24.5. The number of benzene rings is 1. The number of carbonyl (C=O) groups is 1. The predicted octanol–water partition coefficient (Wildman–Crippen LogP) is 5.14. The Kier molecular flexibility index (Phi) is 5.79. The molecule has 0 unspecified atom stereocenters. The van der Waals surface area contributed by atoms with E-state index in [1.165, 1.54) is 0 Å². The van der Waals surface area contributed by atoms with E-state index in [1.54, 1.807) is 0 Å². The first-order valence-corrected chi connectivity index (χ1v) is 12.1. The molecule has 180 valence electrons. The van der Waals surface area contributed by atoms with Gasteiger partial charge in [0.15, 0.2) is 5.82 Å². The van der Waals surface area contributed by atoms with E-state index >= 15 is 0 Å². The number of rotatable bonds is 4. The molecule has 0 aliphatic carbocycles. The first-order valence-electron chi connectivity index (χ1n) is 12.1. The van der Waals surface area contributed by atoms with Crippen molar-refractivity contribution in [2.75, 3.05) is 10.6 Å². The van der Waals surface area contributed by atoms with E-state index in [9.17, 15) is 4.79 Å². The van der Waals surface area contributed by atoms with Crippen LogP contribution in [0.4, 0.5) is 22.4 Å². The van der Waals surface area contributed by atoms with Crippen molar-refractivity contribution in [1.82, 2.24) is 25.1 Å². The van der Waals surface area contributed by atoms with Crippen LogP contribution in [0.1, 0.15) is 58.6 Å². The number of aryl methyl sites for hydroxylation is 1. The Morgan fingerprint density at radius 2 is 1.88 bits per heavy atom. The summed E-state index contributed by atoms with van der Waals surface area (Å²) in [6.45, 7) is 7.72. The Morgan fingerprint density at radius 1 is 1.15 bits per heavy atom. The fraction of sp³-hybridized carbons (Fsp3) is 0.520. The van der Waals surface area contributed by atoms with E-state index in [2.05, 4.69) is 20.8 Å². The van der Waals surface area contributed by atoms with Gasteiger partial charge in [0.05, 0.1) is 5.52 Å². The van der Waals surface area contributed by atoms with Gasteiger partial charge in [-0.15, -0.1) is 0 Å². The normalized spacial score (nSPS) is 22.5. The van der Waals surface area contributed by atoms with Crippen LogP contribution in [-0.4, -0.2) is 54.9 Å². The van der Waals surface area contributed by atoms with E-state index in [0.717, 1.165) is 48.7 Å². The second kappa shape index (κ2) is 8.77. The minimum Gasteiger partial charge on any atom is -0.444 e. The van der Waals surface area contributed by atoms with Crippen LogP contribution in [0.2, 0.25) is 0 Å². The molecule has 2 bridgehead atoms. The lowest BCUT2D eigenvalue weighted by Gasteiger charge is -2.48. The fourth-order valence-electron chi connectivity index (χ4n) is 5.13. The zero-order valence-corrected chi connectivity index (χ0v) is 20.3. The predicted molar refractivity (Wildman–Crippen MR) is 132 cm³/mol. The number of fused-ring (bicyclic) bond motifs is 3. The van der Waals surface area contributed by atoms with Gasteiger partial charge in [0.2, 0.25) is 5.95 Å². The van der Waals surface area contributed by atoms with Crippen molar-refractivity contribution in [1.29, 1.82) is 0 Å². The van der Waals surface area contributed by atoms with Crippen LogP contribution in [0.25, 0.3) is 10.9 Å². The van der Waals surface area contributed by atoms with Gasteiger partial charge in [-0.3, -0.25) is 5.10 Å². The van der Waals surface area contributed by atoms with Crippen LogP contribution in [-0.2, 0) is 4.74 Å². The van der Waals surface area contributed by atoms with Crippen molar-refractivity contribution in [2.24, 2.45) is 0 Å². The summed E-state index contributed by atoms with van der Waals surface area (Å²) in [5, 5.41) is 15.1. The minimum atomic E-state index is -0.490. The van der Waals surface area contributed by atoms with Crippen LogP contribution in [0.3, 0.4) is 0 Å². The summed E-state index contributed by atoms with van der Waals surface area (Å²) in [7, 11) is 0. The topological polar surface area (TPSA) is 108 Å². The number of hydrogen-bond donors (Lipinski definition) is 3. The fourth-order valence-corrected chi connectivity index (χ4v) is 5.13. The zero-order chi connectivity index (χ0) is 23.9. The number of aromatic nitrogens is 4. The zero-order valence-electron chi connectivity index (χ0n) is 20.3. The van der Waals surface area contributed by atoms with Crippen molar-refractivity contribution in [3.63, 3.8) is 0 Å². The number of anilines is 3. The van der Waals surface area contributed by atoms with E-state index in [4.69, 9.17) is 14.7 Å². The first kappa shape index (κ1) is 22.4. The molecule has 3 N–H and O–H groups in total. The number of nitrogens with zero attached hydrogens (tertiary/aromatic N) is 4. The Morgan fingerprint density at radius 3 is 2.56 bits per heavy atom. The maximum absolute atomic E-state index is 12.9. The van der Waals surface area contributed by atoms with E-state index < -0.39 is 5.60 Å². The van der Waals surface area contributed by atoms with Crippen molar-refractivity contribution < 1.29 is 9.53 Å². The minimum absolute atomic E-state index is 0.171. The number of nitrogens with one attached hydrogen (secondary N) is 3. The third kappa shape index (κ3) is 4.78. The summed E-state index contributed by atoms with van der Waals surface area (Å²) < 4.78 is 5.71. The average Bonchev–Trinajstić information content (AvgIpc) is 3.16. The summed E-state index contributed by atoms with van der Waals surface area (Å²) >= 11 is 0. The van der Waals surface area contributed by atoms with Crippen molar-refractivity contribution in [2.45, 2.75) is 83.5 Å². The molecule has 2 fully saturated rings. The first-order chi connectivity index (χ1) is 16.2. The van der Waals surface area contributed by atoms with Crippen LogP contribution in [0.15, 0.2) is 30.3 Å². The van der Waals surface area contributed by atoms with Crippen molar-refractivity contribution in [3.05, 3.63) is 36.0 Å². The molecule has 4 heterocycles. The number of H-pyrrole nitrogens is 1. The lowest BCUT2D eigenvalue weighted by Crippen LogP contribution is -2.58. The van der Waals surface area contributed by atoms with E-state index in [-0.39, 0.29) is 24.2 Å². The molecule has 1 aromatic carbocycles. The summed E-state index contributed by atoms with van der Waals surface area (Å²) in [5.74, 6) is 2.01. The molecule has 5 rings (SSSR count). The van der Waals surface area contributed by atoms with Gasteiger partial charge in [-0.2, -0.15) is 10.1 Å². The van der Waals surface area contributed by atoms with Crippen LogP contribution in [0, 0.1) is 6.92 Å². The lowest BCUT2D eigenvalue weighted by atomic mass is 9.82. The molecule has 0 radical (unpaired) electrons. The molecule has 2 aromatic heterocycles. The molecule has 3 aromatic rings. The number of para-hydroxylation sites is 1. The van der Waals surface area contributed by atoms with Crippen molar-refractivity contribution in [3.8, 4) is 0 Å². The highest BCUT2D eigenvalue weighted by molar-refractivity contribution is 5.91. The monoisotopic (exact) mass is 463 g/mol. The Bertz CT molecular complexity index is 1170. The molecule has 0 saturated carbocycles. The lowest BCUT2D eigenvalue weighted by molar-refractivity contribution is -0.0199. The summed E-state index contributed by atoms with van der Waals surface area (Å²) in [5.41, 5.74) is 1.35. The Hall–Kier alpha value is -3.36. The number of hydrogen-bond acceptors (Lipinski definition) is 7. The molecule has 34 heavy (non-hydrogen) atoms. The van der Waals surface area contributed by atoms with Crippen LogP contribution in [0.5, 0.6) is 0 Å². The highest BCUT2D eigenvalue weighted by atomic mass is 16.6. The largest absolute Gasteiger partial charge is 0.444 e. The quantitative estimate of drug-likeness (QED) is 0.492. The Balaban J connectivity index is 1.36. The molecule has 3 atom stereocenters. The van der Waals surface area contributed by atoms with Gasteiger partial charge in [-0.25, -0.2) is 9.78 Å². The SMILES string of the molecule is Cc1cc(Nc2nc(N[C@@H]3C[C@H]4CCC[C@@H](C3)N4C(=O)OC(C)(C)C)nc3ccccc23)n[nH]1. The molecule has 1 amide bonds. The van der Waals surface area contributed by atoms with Gasteiger partial charge in [-0.1, -0.05) is 12.1 Å². The Labute approximate surface area is 199 Å². The maximum Gasteiger partial charge on any atom is 0.410 e. The number of ether oxygens (including phenoxy) is 1. The molecule has 9 nitrogen and oxygen atoms in total. The number of carbonyl (C=O) groups excluding carboxylic acids is 1. The third-order valence-corrected chi connectivity index (χ3v) is 6.47. The maximum atomic E-state index is 12.9.